The smallest absolute Gasteiger partial charge is 0.439 e. The fourth-order valence-corrected chi connectivity index (χ4v) is 3.84. The number of hydrogen-bond acceptors (Lipinski definition) is 4. The number of alkyl halides is 3. The van der Waals surface area contributed by atoms with Gasteiger partial charge in [-0.25, -0.2) is 0 Å². The number of fused-ring (bicyclic) bond motifs is 1. The number of halogens is 3. The normalized spacial score (nSPS) is 27.9. The van der Waals surface area contributed by atoms with Crippen molar-refractivity contribution < 1.29 is 27.8 Å². The van der Waals surface area contributed by atoms with Gasteiger partial charge in [0.2, 0.25) is 0 Å². The molecule has 0 saturated heterocycles. The Labute approximate surface area is 155 Å². The third-order valence-electron chi connectivity index (χ3n) is 5.49. The van der Waals surface area contributed by atoms with E-state index < -0.39 is 30.3 Å². The molecule has 1 N–H and O–H groups in total. The summed E-state index contributed by atoms with van der Waals surface area (Å²) in [5.74, 6) is -1.77. The number of hydrazone groups is 1. The molecule has 2 aliphatic rings. The minimum absolute atomic E-state index is 0.0705. The lowest BCUT2D eigenvalue weighted by Crippen LogP contribution is -2.62. The van der Waals surface area contributed by atoms with Crippen LogP contribution < -0.4 is 4.74 Å². The van der Waals surface area contributed by atoms with Crippen molar-refractivity contribution in [2.24, 2.45) is 16.9 Å². The number of aliphatic hydroxyl groups is 1. The highest BCUT2D eigenvalue weighted by molar-refractivity contribution is 5.93. The van der Waals surface area contributed by atoms with E-state index in [1.54, 1.807) is 31.2 Å². The molecule has 0 aromatic heterocycles. The van der Waals surface area contributed by atoms with Gasteiger partial charge in [-0.2, -0.15) is 23.3 Å². The van der Waals surface area contributed by atoms with E-state index in [1.807, 2.05) is 6.92 Å². The van der Waals surface area contributed by atoms with Crippen LogP contribution in [0.25, 0.3) is 0 Å². The number of benzene rings is 1. The van der Waals surface area contributed by atoms with Crippen LogP contribution in [0.5, 0.6) is 5.75 Å². The third-order valence-corrected chi connectivity index (χ3v) is 5.49. The Morgan fingerprint density at radius 2 is 2.11 bits per heavy atom. The van der Waals surface area contributed by atoms with Gasteiger partial charge in [-0.15, -0.1) is 0 Å². The second-order valence-electron chi connectivity index (χ2n) is 7.18. The zero-order valence-corrected chi connectivity index (χ0v) is 15.3. The monoisotopic (exact) mass is 384 g/mol. The highest BCUT2D eigenvalue weighted by Crippen LogP contribution is 2.49. The standard InChI is InChI=1S/C19H23F3N2O3/c1-3-13-8-9-15-14(10-13)18(26,19(20,21)22)24(23-15)17(25)11-27-16-7-5-4-6-12(16)2/h4-7,13-14,26H,3,8-11H2,1-2H3. The van der Waals surface area contributed by atoms with Crippen LogP contribution in [-0.4, -0.2) is 40.2 Å². The average Bonchev–Trinajstić information content (AvgIpc) is 2.94. The van der Waals surface area contributed by atoms with Gasteiger partial charge in [0.25, 0.3) is 11.6 Å². The Kier molecular flexibility index (Phi) is 5.20. The zero-order valence-electron chi connectivity index (χ0n) is 15.3. The van der Waals surface area contributed by atoms with Crippen LogP contribution in [0.1, 0.15) is 38.2 Å². The second kappa shape index (κ2) is 7.14. The van der Waals surface area contributed by atoms with Crippen molar-refractivity contribution in [2.45, 2.75) is 51.4 Å². The third kappa shape index (κ3) is 3.42. The summed E-state index contributed by atoms with van der Waals surface area (Å²) in [6, 6.07) is 6.88. The number of hydrogen-bond donors (Lipinski definition) is 1. The predicted octanol–water partition coefficient (Wildman–Crippen LogP) is 3.65. The molecule has 3 rings (SSSR count). The van der Waals surface area contributed by atoms with E-state index in [0.717, 1.165) is 12.0 Å². The lowest BCUT2D eigenvalue weighted by molar-refractivity contribution is -0.318. The lowest BCUT2D eigenvalue weighted by atomic mass is 9.74. The van der Waals surface area contributed by atoms with Gasteiger partial charge < -0.3 is 9.84 Å². The van der Waals surface area contributed by atoms with Crippen LogP contribution in [0.3, 0.4) is 0 Å². The van der Waals surface area contributed by atoms with E-state index >= 15 is 0 Å². The van der Waals surface area contributed by atoms with Gasteiger partial charge >= 0.3 is 6.18 Å². The summed E-state index contributed by atoms with van der Waals surface area (Å²) in [5.41, 5.74) is -2.32. The minimum Gasteiger partial charge on any atom is -0.483 e. The molecule has 0 bridgehead atoms. The van der Waals surface area contributed by atoms with E-state index in [2.05, 4.69) is 5.10 Å². The largest absolute Gasteiger partial charge is 0.483 e. The highest BCUT2D eigenvalue weighted by Gasteiger charge is 2.68. The molecule has 8 heteroatoms. The van der Waals surface area contributed by atoms with Crippen molar-refractivity contribution in [3.05, 3.63) is 29.8 Å². The Morgan fingerprint density at radius 3 is 2.74 bits per heavy atom. The van der Waals surface area contributed by atoms with E-state index in [4.69, 9.17) is 4.74 Å². The Balaban J connectivity index is 1.83. The number of carbonyl (C=O) groups is 1. The molecule has 1 aromatic rings. The topological polar surface area (TPSA) is 62.1 Å². The number of amides is 1. The quantitative estimate of drug-likeness (QED) is 0.862. The molecule has 1 saturated carbocycles. The summed E-state index contributed by atoms with van der Waals surface area (Å²) in [7, 11) is 0. The predicted molar refractivity (Wildman–Crippen MR) is 93.1 cm³/mol. The molecular formula is C19H23F3N2O3. The van der Waals surface area contributed by atoms with Crippen molar-refractivity contribution in [2.75, 3.05) is 6.61 Å². The fraction of sp³-hybridized carbons (Fsp3) is 0.579. The molecule has 1 aromatic carbocycles. The van der Waals surface area contributed by atoms with Crippen molar-refractivity contribution >= 4 is 11.6 Å². The second-order valence-corrected chi connectivity index (χ2v) is 7.18. The fourth-order valence-electron chi connectivity index (χ4n) is 3.84. The Hall–Kier alpha value is -2.09. The first-order valence-electron chi connectivity index (χ1n) is 9.06. The van der Waals surface area contributed by atoms with Gasteiger partial charge in [-0.1, -0.05) is 31.5 Å². The number of para-hydroxylation sites is 1. The molecule has 0 radical (unpaired) electrons. The van der Waals surface area contributed by atoms with Crippen LogP contribution in [0, 0.1) is 18.8 Å². The molecule has 1 fully saturated rings. The van der Waals surface area contributed by atoms with Crippen LogP contribution in [-0.2, 0) is 4.79 Å². The van der Waals surface area contributed by atoms with Crippen LogP contribution >= 0.6 is 0 Å². The number of carbonyl (C=O) groups excluding carboxylic acids is 1. The van der Waals surface area contributed by atoms with Crippen LogP contribution in [0.2, 0.25) is 0 Å². The van der Waals surface area contributed by atoms with E-state index in [9.17, 15) is 23.1 Å². The number of ether oxygens (including phenoxy) is 1. The van der Waals surface area contributed by atoms with Crippen molar-refractivity contribution in [3.63, 3.8) is 0 Å². The molecular weight excluding hydrogens is 361 g/mol. The summed E-state index contributed by atoms with van der Waals surface area (Å²) in [5, 5.41) is 14.7. The molecule has 3 atom stereocenters. The maximum atomic E-state index is 13.8. The maximum Gasteiger partial charge on any atom is 0.439 e. The van der Waals surface area contributed by atoms with Gasteiger partial charge in [0.1, 0.15) is 5.75 Å². The molecule has 27 heavy (non-hydrogen) atoms. The van der Waals surface area contributed by atoms with E-state index in [1.165, 1.54) is 0 Å². The van der Waals surface area contributed by atoms with Crippen LogP contribution in [0.15, 0.2) is 29.4 Å². The molecule has 0 spiro atoms. The Morgan fingerprint density at radius 1 is 1.41 bits per heavy atom. The summed E-state index contributed by atoms with van der Waals surface area (Å²) in [6.07, 6.45) is -3.07. The van der Waals surface area contributed by atoms with Crippen molar-refractivity contribution in [1.29, 1.82) is 0 Å². The molecule has 1 aliphatic heterocycles. The molecule has 1 heterocycles. The average molecular weight is 384 g/mol. The molecule has 148 valence electrons. The van der Waals surface area contributed by atoms with Crippen molar-refractivity contribution in [1.82, 2.24) is 5.01 Å². The molecule has 1 aliphatic carbocycles. The van der Waals surface area contributed by atoms with E-state index in [-0.39, 0.29) is 23.1 Å². The van der Waals surface area contributed by atoms with Gasteiger partial charge in [0.15, 0.2) is 6.61 Å². The summed E-state index contributed by atoms with van der Waals surface area (Å²) >= 11 is 0. The number of aryl methyl sites for hydroxylation is 1. The van der Waals surface area contributed by atoms with Gasteiger partial charge in [-0.3, -0.25) is 4.79 Å². The van der Waals surface area contributed by atoms with Gasteiger partial charge in [0.05, 0.1) is 5.92 Å². The van der Waals surface area contributed by atoms with Gasteiger partial charge in [-0.05, 0) is 43.7 Å². The highest BCUT2D eigenvalue weighted by atomic mass is 19.4. The van der Waals surface area contributed by atoms with Crippen LogP contribution in [0.4, 0.5) is 13.2 Å². The summed E-state index contributed by atoms with van der Waals surface area (Å²) < 4.78 is 46.9. The van der Waals surface area contributed by atoms with E-state index in [0.29, 0.717) is 18.6 Å². The minimum atomic E-state index is -5.02. The molecule has 5 nitrogen and oxygen atoms in total. The van der Waals surface area contributed by atoms with Crippen molar-refractivity contribution in [3.8, 4) is 5.75 Å². The first-order chi connectivity index (χ1) is 12.7. The SMILES string of the molecule is CCC1CCC2=NN(C(=O)COc3ccccc3C)C(O)(C(F)(F)F)C2C1. The number of nitrogens with zero attached hydrogens (tertiary/aromatic N) is 2. The lowest BCUT2D eigenvalue weighted by Gasteiger charge is -2.39. The summed E-state index contributed by atoms with van der Waals surface area (Å²) in [6.45, 7) is 3.04. The molecule has 1 amide bonds. The first kappa shape index (κ1) is 19.7. The zero-order chi connectivity index (χ0) is 19.8. The Bertz CT molecular complexity index is 750. The summed E-state index contributed by atoms with van der Waals surface area (Å²) in [4.78, 5) is 12.5. The number of rotatable bonds is 4. The maximum absolute atomic E-state index is 13.8. The van der Waals surface area contributed by atoms with Gasteiger partial charge in [0, 0.05) is 5.71 Å². The first-order valence-corrected chi connectivity index (χ1v) is 9.06. The molecule has 3 unspecified atom stereocenters.